The summed E-state index contributed by atoms with van der Waals surface area (Å²) in [5.74, 6) is 1.31. The number of carbonyl (C=O) groups excluding carboxylic acids is 2. The summed E-state index contributed by atoms with van der Waals surface area (Å²) in [4.78, 5) is 25.5. The second kappa shape index (κ2) is 14.9. The van der Waals surface area contributed by atoms with Gasteiger partial charge in [0.25, 0.3) is 0 Å². The fourth-order valence-electron chi connectivity index (χ4n) is 4.76. The summed E-state index contributed by atoms with van der Waals surface area (Å²) in [6, 6.07) is 34.8. The first-order valence-electron chi connectivity index (χ1n) is 14.9. The Bertz CT molecular complexity index is 1820. The zero-order chi connectivity index (χ0) is 32.6. The molecule has 236 valence electrons. The van der Waals surface area contributed by atoms with Crippen LogP contribution < -0.4 is 10.6 Å². The van der Waals surface area contributed by atoms with E-state index in [0.29, 0.717) is 28.4 Å². The highest BCUT2D eigenvalue weighted by atomic mass is 32.2. The van der Waals surface area contributed by atoms with Crippen molar-refractivity contribution in [3.63, 3.8) is 0 Å². The van der Waals surface area contributed by atoms with E-state index in [2.05, 4.69) is 31.0 Å². The van der Waals surface area contributed by atoms with Crippen molar-refractivity contribution in [2.45, 2.75) is 30.6 Å². The van der Waals surface area contributed by atoms with Crippen molar-refractivity contribution in [1.29, 1.82) is 0 Å². The predicted molar refractivity (Wildman–Crippen MR) is 187 cm³/mol. The molecule has 0 radical (unpaired) electrons. The number of para-hydroxylation sites is 2. The second-order valence-electron chi connectivity index (χ2n) is 10.7. The Kier molecular flexibility index (Phi) is 10.1. The quantitative estimate of drug-likeness (QED) is 0.143. The molecule has 2 amide bonds. The molecule has 6 rings (SSSR count). The Hall–Kier alpha value is -5.20. The first-order chi connectivity index (χ1) is 22.9. The van der Waals surface area contributed by atoms with Gasteiger partial charge in [-0.05, 0) is 62.4 Å². The summed E-state index contributed by atoms with van der Waals surface area (Å²) >= 11 is 2.62. The molecule has 0 aliphatic heterocycles. The number of thioether (sulfide) groups is 2. The molecule has 0 saturated carbocycles. The summed E-state index contributed by atoms with van der Waals surface area (Å²) in [5, 5.41) is 25.1. The van der Waals surface area contributed by atoms with Crippen molar-refractivity contribution in [3.05, 3.63) is 132 Å². The van der Waals surface area contributed by atoms with E-state index in [1.165, 1.54) is 23.5 Å². The van der Waals surface area contributed by atoms with Crippen LogP contribution in [0.2, 0.25) is 0 Å². The molecule has 4 aromatic carbocycles. The average Bonchev–Trinajstić information content (AvgIpc) is 3.68. The van der Waals surface area contributed by atoms with E-state index < -0.39 is 0 Å². The van der Waals surface area contributed by atoms with Crippen molar-refractivity contribution in [1.82, 2.24) is 29.5 Å². The Morgan fingerprint density at radius 2 is 0.936 bits per heavy atom. The van der Waals surface area contributed by atoms with E-state index in [1.54, 1.807) is 0 Å². The standard InChI is InChI=1S/C35H32N8O2S2/c1-24-13-17-28(18-14-24)42-30(38-40-34(42)46-22-32(44)36-26-9-5-3-6-10-26)21-31-39-41-35(43(31)29-19-15-25(2)16-20-29)47-23-33(45)37-27-11-7-4-8-12-27/h3-20H,21-23H2,1-2H3,(H,36,44)(H,37,45). The van der Waals surface area contributed by atoms with Crippen molar-refractivity contribution in [3.8, 4) is 11.4 Å². The number of anilines is 2. The van der Waals surface area contributed by atoms with Gasteiger partial charge in [0, 0.05) is 22.7 Å². The van der Waals surface area contributed by atoms with E-state index in [0.717, 1.165) is 33.9 Å². The minimum atomic E-state index is -0.140. The molecule has 2 heterocycles. The lowest BCUT2D eigenvalue weighted by molar-refractivity contribution is -0.114. The maximum Gasteiger partial charge on any atom is 0.234 e. The van der Waals surface area contributed by atoms with Gasteiger partial charge in [0.15, 0.2) is 10.3 Å². The summed E-state index contributed by atoms with van der Waals surface area (Å²) in [7, 11) is 0. The number of nitrogens with zero attached hydrogens (tertiary/aromatic N) is 6. The van der Waals surface area contributed by atoms with Crippen LogP contribution in [0, 0.1) is 13.8 Å². The van der Waals surface area contributed by atoms with Crippen LogP contribution in [0.5, 0.6) is 0 Å². The van der Waals surface area contributed by atoms with E-state index in [-0.39, 0.29) is 23.3 Å². The molecular weight excluding hydrogens is 629 g/mol. The van der Waals surface area contributed by atoms with E-state index in [4.69, 9.17) is 0 Å². The van der Waals surface area contributed by atoms with Gasteiger partial charge in [-0.3, -0.25) is 18.7 Å². The Morgan fingerprint density at radius 3 is 1.32 bits per heavy atom. The molecule has 47 heavy (non-hydrogen) atoms. The van der Waals surface area contributed by atoms with Gasteiger partial charge < -0.3 is 10.6 Å². The number of nitrogens with one attached hydrogen (secondary N) is 2. The molecule has 6 aromatic rings. The van der Waals surface area contributed by atoms with Crippen molar-refractivity contribution < 1.29 is 9.59 Å². The molecule has 2 N–H and O–H groups in total. The highest BCUT2D eigenvalue weighted by Gasteiger charge is 2.22. The van der Waals surface area contributed by atoms with Crippen LogP contribution in [0.3, 0.4) is 0 Å². The van der Waals surface area contributed by atoms with Crippen LogP contribution in [0.15, 0.2) is 120 Å². The van der Waals surface area contributed by atoms with Crippen LogP contribution in [0.1, 0.15) is 22.8 Å². The van der Waals surface area contributed by atoms with E-state index in [1.807, 2.05) is 132 Å². The third-order valence-corrected chi connectivity index (χ3v) is 8.94. The molecule has 2 aromatic heterocycles. The molecule has 0 aliphatic rings. The highest BCUT2D eigenvalue weighted by Crippen LogP contribution is 2.27. The Labute approximate surface area is 281 Å². The second-order valence-corrected chi connectivity index (χ2v) is 12.6. The molecule has 0 atom stereocenters. The zero-order valence-electron chi connectivity index (χ0n) is 25.8. The fourth-order valence-corrected chi connectivity index (χ4v) is 6.30. The number of benzene rings is 4. The smallest absolute Gasteiger partial charge is 0.234 e. The largest absolute Gasteiger partial charge is 0.325 e. The number of carbonyl (C=O) groups is 2. The predicted octanol–water partition coefficient (Wildman–Crippen LogP) is 6.52. The van der Waals surface area contributed by atoms with E-state index >= 15 is 0 Å². The van der Waals surface area contributed by atoms with Crippen molar-refractivity contribution in [2.24, 2.45) is 0 Å². The minimum absolute atomic E-state index is 0.140. The van der Waals surface area contributed by atoms with Gasteiger partial charge >= 0.3 is 0 Å². The zero-order valence-corrected chi connectivity index (χ0v) is 27.5. The summed E-state index contributed by atoms with van der Waals surface area (Å²) in [6.07, 6.45) is 0.301. The van der Waals surface area contributed by atoms with E-state index in [9.17, 15) is 9.59 Å². The molecule has 0 aliphatic carbocycles. The topological polar surface area (TPSA) is 120 Å². The molecule has 0 fully saturated rings. The van der Waals surface area contributed by atoms with Crippen molar-refractivity contribution >= 4 is 46.7 Å². The lowest BCUT2D eigenvalue weighted by Crippen LogP contribution is -2.15. The number of hydrogen-bond donors (Lipinski definition) is 2. The van der Waals surface area contributed by atoms with Crippen LogP contribution in [0.25, 0.3) is 11.4 Å². The first kappa shape index (κ1) is 31.8. The number of hydrogen-bond acceptors (Lipinski definition) is 8. The normalized spacial score (nSPS) is 10.9. The monoisotopic (exact) mass is 660 g/mol. The molecule has 0 spiro atoms. The lowest BCUT2D eigenvalue weighted by atomic mass is 10.2. The average molecular weight is 661 g/mol. The third kappa shape index (κ3) is 8.15. The number of aromatic nitrogens is 6. The first-order valence-corrected chi connectivity index (χ1v) is 16.9. The van der Waals surface area contributed by atoms with Gasteiger partial charge in [-0.25, -0.2) is 0 Å². The summed E-state index contributed by atoms with van der Waals surface area (Å²) in [6.45, 7) is 4.06. The number of rotatable bonds is 12. The van der Waals surface area contributed by atoms with Gasteiger partial charge in [0.2, 0.25) is 11.8 Å². The molecule has 0 saturated heterocycles. The molecule has 10 nitrogen and oxygen atoms in total. The van der Waals surface area contributed by atoms with Gasteiger partial charge in [0.1, 0.15) is 11.6 Å². The Balaban J connectivity index is 1.27. The summed E-state index contributed by atoms with van der Waals surface area (Å²) in [5.41, 5.74) is 5.46. The summed E-state index contributed by atoms with van der Waals surface area (Å²) < 4.78 is 3.91. The number of amides is 2. The molecule has 0 unspecified atom stereocenters. The van der Waals surface area contributed by atoms with Gasteiger partial charge in [-0.1, -0.05) is 95.3 Å². The molecule has 12 heteroatoms. The highest BCUT2D eigenvalue weighted by molar-refractivity contribution is 8.00. The van der Waals surface area contributed by atoms with Gasteiger partial charge in [-0.15, -0.1) is 20.4 Å². The van der Waals surface area contributed by atoms with Crippen LogP contribution >= 0.6 is 23.5 Å². The lowest BCUT2D eigenvalue weighted by Gasteiger charge is -2.13. The van der Waals surface area contributed by atoms with Crippen LogP contribution in [-0.2, 0) is 16.0 Å². The Morgan fingerprint density at radius 1 is 0.553 bits per heavy atom. The third-order valence-electron chi connectivity index (χ3n) is 7.08. The van der Waals surface area contributed by atoms with Crippen LogP contribution in [-0.4, -0.2) is 52.8 Å². The fraction of sp³-hybridized carbons (Fsp3) is 0.143. The van der Waals surface area contributed by atoms with Gasteiger partial charge in [-0.2, -0.15) is 0 Å². The van der Waals surface area contributed by atoms with Gasteiger partial charge in [0.05, 0.1) is 17.9 Å². The molecular formula is C35H32N8O2S2. The van der Waals surface area contributed by atoms with Crippen molar-refractivity contribution in [2.75, 3.05) is 22.1 Å². The van der Waals surface area contributed by atoms with Crippen LogP contribution in [0.4, 0.5) is 11.4 Å². The maximum absolute atomic E-state index is 12.8. The molecule has 0 bridgehead atoms. The minimum Gasteiger partial charge on any atom is -0.325 e. The maximum atomic E-state index is 12.8. The SMILES string of the molecule is Cc1ccc(-n2c(Cc3nnc(SCC(=O)Nc4ccccc4)n3-c3ccc(C)cc3)nnc2SCC(=O)Nc2ccccc2)cc1. The number of aryl methyl sites for hydroxylation is 2.